The molecule has 2 rings (SSSR count). The van der Waals surface area contributed by atoms with E-state index in [0.717, 1.165) is 32.6 Å². The Balaban J connectivity index is 1.68. The number of hydrogen-bond acceptors (Lipinski definition) is 3. The van der Waals surface area contributed by atoms with E-state index >= 15 is 0 Å². The molecule has 0 bridgehead atoms. The standard InChI is InChI=1S/C18H28N2O2/c1-18(2,22-3)17(21)19-11-9-16-10-12-20(14-16)13-15-7-5-4-6-8-15/h4-8,16H,9-14H2,1-3H3,(H,19,21). The number of carbonyl (C=O) groups excluding carboxylic acids is 1. The van der Waals surface area contributed by atoms with Crippen LogP contribution in [-0.4, -0.2) is 43.2 Å². The van der Waals surface area contributed by atoms with Gasteiger partial charge in [0, 0.05) is 26.7 Å². The zero-order valence-corrected chi connectivity index (χ0v) is 14.0. The summed E-state index contributed by atoms with van der Waals surface area (Å²) in [6, 6.07) is 10.6. The number of rotatable bonds is 7. The lowest BCUT2D eigenvalue weighted by Gasteiger charge is -2.22. The van der Waals surface area contributed by atoms with E-state index in [1.54, 1.807) is 21.0 Å². The number of nitrogens with zero attached hydrogens (tertiary/aromatic N) is 1. The fraction of sp³-hybridized carbons (Fsp3) is 0.611. The number of likely N-dealkylation sites (tertiary alicyclic amines) is 1. The van der Waals surface area contributed by atoms with E-state index in [1.807, 2.05) is 0 Å². The molecule has 0 aliphatic carbocycles. The molecule has 1 fully saturated rings. The number of nitrogens with one attached hydrogen (secondary N) is 1. The van der Waals surface area contributed by atoms with Crippen LogP contribution in [0.5, 0.6) is 0 Å². The van der Waals surface area contributed by atoms with E-state index in [-0.39, 0.29) is 5.91 Å². The Bertz CT molecular complexity index is 473. The number of benzene rings is 1. The largest absolute Gasteiger partial charge is 0.369 e. The van der Waals surface area contributed by atoms with Crippen molar-refractivity contribution in [2.24, 2.45) is 5.92 Å². The highest BCUT2D eigenvalue weighted by Gasteiger charge is 2.27. The third-order valence-corrected chi connectivity index (χ3v) is 4.51. The van der Waals surface area contributed by atoms with E-state index in [2.05, 4.69) is 40.5 Å². The Morgan fingerprint density at radius 1 is 1.36 bits per heavy atom. The Morgan fingerprint density at radius 2 is 2.09 bits per heavy atom. The summed E-state index contributed by atoms with van der Waals surface area (Å²) in [6.07, 6.45) is 2.26. The lowest BCUT2D eigenvalue weighted by atomic mass is 10.0. The summed E-state index contributed by atoms with van der Waals surface area (Å²) in [5.74, 6) is 0.642. The van der Waals surface area contributed by atoms with E-state index in [1.165, 1.54) is 12.0 Å². The quantitative estimate of drug-likeness (QED) is 0.841. The molecule has 1 N–H and O–H groups in total. The van der Waals surface area contributed by atoms with Gasteiger partial charge in [-0.3, -0.25) is 9.69 Å². The third kappa shape index (κ3) is 4.82. The van der Waals surface area contributed by atoms with Gasteiger partial charge in [0.1, 0.15) is 5.60 Å². The van der Waals surface area contributed by atoms with Crippen LogP contribution in [0.1, 0.15) is 32.3 Å². The SMILES string of the molecule is COC(C)(C)C(=O)NCCC1CCN(Cc2ccccc2)C1. The van der Waals surface area contributed by atoms with Crippen LogP contribution in [0.2, 0.25) is 0 Å². The van der Waals surface area contributed by atoms with Crippen molar-refractivity contribution in [2.45, 2.75) is 38.8 Å². The molecule has 4 nitrogen and oxygen atoms in total. The third-order valence-electron chi connectivity index (χ3n) is 4.51. The molecule has 1 atom stereocenters. The summed E-state index contributed by atoms with van der Waals surface area (Å²) in [7, 11) is 1.57. The van der Waals surface area contributed by atoms with Gasteiger partial charge in [0.25, 0.3) is 5.91 Å². The molecule has 1 heterocycles. The van der Waals surface area contributed by atoms with Gasteiger partial charge in [-0.1, -0.05) is 30.3 Å². The normalized spacial score (nSPS) is 19.3. The molecule has 1 aromatic carbocycles. The van der Waals surface area contributed by atoms with Crippen molar-refractivity contribution in [3.8, 4) is 0 Å². The van der Waals surface area contributed by atoms with Gasteiger partial charge in [-0.15, -0.1) is 0 Å². The van der Waals surface area contributed by atoms with Crippen molar-refractivity contribution in [3.05, 3.63) is 35.9 Å². The lowest BCUT2D eigenvalue weighted by Crippen LogP contribution is -2.44. The minimum atomic E-state index is -0.741. The summed E-state index contributed by atoms with van der Waals surface area (Å²) < 4.78 is 5.19. The number of hydrogen-bond donors (Lipinski definition) is 1. The van der Waals surface area contributed by atoms with Crippen molar-refractivity contribution in [1.29, 1.82) is 0 Å². The molecule has 22 heavy (non-hydrogen) atoms. The molecule has 1 saturated heterocycles. The van der Waals surface area contributed by atoms with Gasteiger partial charge in [-0.05, 0) is 44.7 Å². The van der Waals surface area contributed by atoms with E-state index in [9.17, 15) is 4.79 Å². The van der Waals surface area contributed by atoms with Crippen LogP contribution in [0.25, 0.3) is 0 Å². The minimum Gasteiger partial charge on any atom is -0.369 e. The summed E-state index contributed by atoms with van der Waals surface area (Å²) in [5, 5.41) is 2.98. The van der Waals surface area contributed by atoms with Gasteiger partial charge in [0.15, 0.2) is 0 Å². The first-order valence-corrected chi connectivity index (χ1v) is 8.11. The Labute approximate surface area is 133 Å². The molecule has 122 valence electrons. The van der Waals surface area contributed by atoms with E-state index in [0.29, 0.717) is 5.92 Å². The summed E-state index contributed by atoms with van der Waals surface area (Å²) in [5.41, 5.74) is 0.632. The van der Waals surface area contributed by atoms with Crippen molar-refractivity contribution in [1.82, 2.24) is 10.2 Å². The van der Waals surface area contributed by atoms with Crippen LogP contribution in [0.4, 0.5) is 0 Å². The van der Waals surface area contributed by atoms with Gasteiger partial charge >= 0.3 is 0 Å². The highest BCUT2D eigenvalue weighted by atomic mass is 16.5. The molecule has 1 unspecified atom stereocenters. The van der Waals surface area contributed by atoms with Crippen molar-refractivity contribution >= 4 is 5.91 Å². The predicted octanol–water partition coefficient (Wildman–Crippen LogP) is 2.44. The van der Waals surface area contributed by atoms with Crippen molar-refractivity contribution in [3.63, 3.8) is 0 Å². The summed E-state index contributed by atoms with van der Waals surface area (Å²) in [6.45, 7) is 7.62. The molecule has 4 heteroatoms. The zero-order chi connectivity index (χ0) is 16.0. The molecular formula is C18H28N2O2. The summed E-state index contributed by atoms with van der Waals surface area (Å²) in [4.78, 5) is 14.4. The fourth-order valence-corrected chi connectivity index (χ4v) is 2.83. The van der Waals surface area contributed by atoms with Crippen molar-refractivity contribution < 1.29 is 9.53 Å². The van der Waals surface area contributed by atoms with Crippen molar-refractivity contribution in [2.75, 3.05) is 26.7 Å². The van der Waals surface area contributed by atoms with Crippen LogP contribution in [0.3, 0.4) is 0 Å². The Morgan fingerprint density at radius 3 is 2.77 bits per heavy atom. The first-order valence-electron chi connectivity index (χ1n) is 8.11. The lowest BCUT2D eigenvalue weighted by molar-refractivity contribution is -0.139. The molecule has 1 aliphatic rings. The summed E-state index contributed by atoms with van der Waals surface area (Å²) >= 11 is 0. The molecule has 1 aliphatic heterocycles. The van der Waals surface area contributed by atoms with Crippen LogP contribution < -0.4 is 5.32 Å². The maximum absolute atomic E-state index is 11.9. The number of methoxy groups -OCH3 is 1. The molecule has 1 amide bonds. The number of carbonyl (C=O) groups is 1. The second-order valence-corrected chi connectivity index (χ2v) is 6.63. The molecule has 0 radical (unpaired) electrons. The van der Waals surface area contributed by atoms with Gasteiger partial charge < -0.3 is 10.1 Å². The molecule has 0 saturated carbocycles. The Kier molecular flexibility index (Phi) is 5.98. The number of ether oxygens (including phenoxy) is 1. The van der Waals surface area contributed by atoms with Crippen LogP contribution in [0.15, 0.2) is 30.3 Å². The molecule has 1 aromatic rings. The van der Waals surface area contributed by atoms with Gasteiger partial charge in [0.2, 0.25) is 0 Å². The van der Waals surface area contributed by atoms with Gasteiger partial charge in [-0.2, -0.15) is 0 Å². The van der Waals surface area contributed by atoms with Gasteiger partial charge in [0.05, 0.1) is 0 Å². The first-order chi connectivity index (χ1) is 10.5. The monoisotopic (exact) mass is 304 g/mol. The topological polar surface area (TPSA) is 41.6 Å². The van der Waals surface area contributed by atoms with Gasteiger partial charge in [-0.25, -0.2) is 0 Å². The maximum Gasteiger partial charge on any atom is 0.251 e. The van der Waals surface area contributed by atoms with E-state index in [4.69, 9.17) is 4.74 Å². The Hall–Kier alpha value is -1.39. The zero-order valence-electron chi connectivity index (χ0n) is 14.0. The average molecular weight is 304 g/mol. The second kappa shape index (κ2) is 7.75. The smallest absolute Gasteiger partial charge is 0.251 e. The van der Waals surface area contributed by atoms with E-state index < -0.39 is 5.60 Å². The van der Waals surface area contributed by atoms with Crippen LogP contribution >= 0.6 is 0 Å². The first kappa shape index (κ1) is 17.0. The predicted molar refractivity (Wildman–Crippen MR) is 88.5 cm³/mol. The minimum absolute atomic E-state index is 0.0332. The van der Waals surface area contributed by atoms with Crippen LogP contribution in [-0.2, 0) is 16.1 Å². The molecule has 0 aromatic heterocycles. The maximum atomic E-state index is 11.9. The highest BCUT2D eigenvalue weighted by molar-refractivity contribution is 5.84. The highest BCUT2D eigenvalue weighted by Crippen LogP contribution is 2.21. The number of amides is 1. The molecule has 0 spiro atoms. The second-order valence-electron chi connectivity index (χ2n) is 6.63. The average Bonchev–Trinajstić information content (AvgIpc) is 2.95. The molecular weight excluding hydrogens is 276 g/mol. The van der Waals surface area contributed by atoms with Crippen LogP contribution in [0, 0.1) is 5.92 Å². The fourth-order valence-electron chi connectivity index (χ4n) is 2.83.